The van der Waals surface area contributed by atoms with Crippen molar-refractivity contribution in [2.75, 3.05) is 0 Å². The normalized spacial score (nSPS) is 18.2. The lowest BCUT2D eigenvalue weighted by molar-refractivity contribution is -0.137. The van der Waals surface area contributed by atoms with Gasteiger partial charge in [0.05, 0.1) is 0 Å². The number of halogens is 2. The zero-order valence-corrected chi connectivity index (χ0v) is 8.75. The summed E-state index contributed by atoms with van der Waals surface area (Å²) >= 11 is 0. The van der Waals surface area contributed by atoms with E-state index in [1.54, 1.807) is 0 Å². The van der Waals surface area contributed by atoms with Crippen molar-refractivity contribution in [3.63, 3.8) is 0 Å². The van der Waals surface area contributed by atoms with Crippen molar-refractivity contribution in [3.8, 4) is 0 Å². The fourth-order valence-corrected chi connectivity index (χ4v) is 1.34. The van der Waals surface area contributed by atoms with Gasteiger partial charge in [0.2, 0.25) is 5.90 Å². The molecule has 0 fully saturated rings. The summed E-state index contributed by atoms with van der Waals surface area (Å²) < 4.78 is 31.5. The summed E-state index contributed by atoms with van der Waals surface area (Å²) in [6.45, 7) is 3.03. The summed E-state index contributed by atoms with van der Waals surface area (Å²) in [5.74, 6) is -2.52. The van der Waals surface area contributed by atoms with Gasteiger partial charge in [-0.3, -0.25) is 0 Å². The first-order valence-corrected chi connectivity index (χ1v) is 4.68. The van der Waals surface area contributed by atoms with Gasteiger partial charge in [0.15, 0.2) is 5.54 Å². The zero-order valence-electron chi connectivity index (χ0n) is 8.75. The Labute approximate surface area is 90.8 Å². The number of carbonyl (C=O) groups is 1. The summed E-state index contributed by atoms with van der Waals surface area (Å²) in [6.07, 6.45) is 0. The monoisotopic (exact) mass is 225 g/mol. The molecule has 16 heavy (non-hydrogen) atoms. The largest absolute Gasteiger partial charge is 0.405 e. The Kier molecular flexibility index (Phi) is 2.26. The summed E-state index contributed by atoms with van der Waals surface area (Å²) in [5.41, 5.74) is -1.49. The van der Waals surface area contributed by atoms with E-state index in [1.165, 1.54) is 19.9 Å². The molecule has 0 aliphatic carbocycles. The third-order valence-electron chi connectivity index (χ3n) is 2.25. The van der Waals surface area contributed by atoms with Crippen LogP contribution in [-0.4, -0.2) is 17.4 Å². The molecule has 0 radical (unpaired) electrons. The van der Waals surface area contributed by atoms with Crippen LogP contribution < -0.4 is 0 Å². The predicted molar refractivity (Wildman–Crippen MR) is 53.1 cm³/mol. The zero-order chi connectivity index (χ0) is 11.9. The van der Waals surface area contributed by atoms with Crippen LogP contribution >= 0.6 is 0 Å². The van der Waals surface area contributed by atoms with Gasteiger partial charge in [-0.2, -0.15) is 0 Å². The molecule has 0 saturated carbocycles. The van der Waals surface area contributed by atoms with Gasteiger partial charge in [-0.25, -0.2) is 18.6 Å². The van der Waals surface area contributed by atoms with Gasteiger partial charge in [0, 0.05) is 0 Å². The highest BCUT2D eigenvalue weighted by Crippen LogP contribution is 2.24. The second-order valence-electron chi connectivity index (χ2n) is 3.96. The average molecular weight is 225 g/mol. The van der Waals surface area contributed by atoms with E-state index in [0.717, 1.165) is 12.1 Å². The molecule has 5 heteroatoms. The lowest BCUT2D eigenvalue weighted by Crippen LogP contribution is -2.25. The van der Waals surface area contributed by atoms with Gasteiger partial charge in [0.1, 0.15) is 17.2 Å². The molecule has 0 amide bonds. The Morgan fingerprint density at radius 2 is 1.81 bits per heavy atom. The molecule has 0 bridgehead atoms. The number of hydrogen-bond donors (Lipinski definition) is 0. The van der Waals surface area contributed by atoms with Crippen LogP contribution in [0.4, 0.5) is 8.78 Å². The molecule has 0 saturated heterocycles. The van der Waals surface area contributed by atoms with Crippen molar-refractivity contribution in [2.24, 2.45) is 4.99 Å². The average Bonchev–Trinajstić information content (AvgIpc) is 2.40. The minimum Gasteiger partial charge on any atom is -0.405 e. The number of aliphatic imine (C=N–C) groups is 1. The molecular weight excluding hydrogens is 216 g/mol. The van der Waals surface area contributed by atoms with Crippen LogP contribution in [0.15, 0.2) is 23.2 Å². The Morgan fingerprint density at radius 1 is 1.25 bits per heavy atom. The highest BCUT2D eigenvalue weighted by molar-refractivity contribution is 6.07. The smallest absolute Gasteiger partial charge is 0.340 e. The number of rotatable bonds is 1. The lowest BCUT2D eigenvalue weighted by Gasteiger charge is -2.05. The number of cyclic esters (lactones) is 1. The molecule has 1 aliphatic heterocycles. The summed E-state index contributed by atoms with van der Waals surface area (Å²) in [6, 6.07) is 3.40. The van der Waals surface area contributed by atoms with Crippen LogP contribution in [0, 0.1) is 11.6 Å². The van der Waals surface area contributed by atoms with E-state index < -0.39 is 28.7 Å². The fourth-order valence-electron chi connectivity index (χ4n) is 1.34. The Balaban J connectivity index is 2.52. The van der Waals surface area contributed by atoms with Gasteiger partial charge < -0.3 is 4.74 Å². The van der Waals surface area contributed by atoms with Gasteiger partial charge in [0.25, 0.3) is 0 Å². The number of ether oxygens (including phenoxy) is 1. The number of benzene rings is 1. The summed E-state index contributed by atoms with van der Waals surface area (Å²) in [4.78, 5) is 15.2. The molecule has 1 aromatic carbocycles. The van der Waals surface area contributed by atoms with E-state index in [1.807, 2.05) is 0 Å². The molecule has 3 nitrogen and oxygen atoms in total. The summed E-state index contributed by atoms with van der Waals surface area (Å²) in [7, 11) is 0. The highest BCUT2D eigenvalue weighted by atomic mass is 19.1. The molecule has 0 atom stereocenters. The molecular formula is C11H9F2NO2. The van der Waals surface area contributed by atoms with Crippen LogP contribution in [0.5, 0.6) is 0 Å². The quantitative estimate of drug-likeness (QED) is 0.686. The summed E-state index contributed by atoms with van der Waals surface area (Å²) in [5, 5.41) is 0. The molecule has 0 aromatic heterocycles. The predicted octanol–water partition coefficient (Wildman–Crippen LogP) is 2.05. The van der Waals surface area contributed by atoms with E-state index in [4.69, 9.17) is 4.74 Å². The number of esters is 1. The highest BCUT2D eigenvalue weighted by Gasteiger charge is 2.39. The number of nitrogens with zero attached hydrogens (tertiary/aromatic N) is 1. The first-order chi connectivity index (χ1) is 7.42. The molecule has 2 rings (SSSR count). The molecule has 0 unspecified atom stereocenters. The number of carbonyl (C=O) groups excluding carboxylic acids is 1. The topological polar surface area (TPSA) is 38.7 Å². The van der Waals surface area contributed by atoms with Crippen LogP contribution in [0.2, 0.25) is 0 Å². The van der Waals surface area contributed by atoms with Crippen molar-refractivity contribution >= 4 is 11.9 Å². The van der Waals surface area contributed by atoms with E-state index in [9.17, 15) is 13.6 Å². The first kappa shape index (κ1) is 10.7. The standard InChI is InChI=1S/C11H9F2NO2/c1-11(2)10(15)16-9(14-11)8-6(12)4-3-5-7(8)13/h3-5H,1-2H3. The van der Waals surface area contributed by atoms with Gasteiger partial charge in [-0.05, 0) is 26.0 Å². The van der Waals surface area contributed by atoms with Crippen LogP contribution in [0.3, 0.4) is 0 Å². The molecule has 0 spiro atoms. The first-order valence-electron chi connectivity index (χ1n) is 4.68. The number of hydrogen-bond acceptors (Lipinski definition) is 3. The van der Waals surface area contributed by atoms with E-state index >= 15 is 0 Å². The SMILES string of the molecule is CC1(C)N=C(c2c(F)cccc2F)OC1=O. The van der Waals surface area contributed by atoms with Gasteiger partial charge in [-0.1, -0.05) is 6.07 Å². The molecule has 1 aromatic rings. The van der Waals surface area contributed by atoms with E-state index in [2.05, 4.69) is 4.99 Å². The maximum Gasteiger partial charge on any atom is 0.340 e. The van der Waals surface area contributed by atoms with E-state index in [-0.39, 0.29) is 5.90 Å². The maximum atomic E-state index is 13.4. The third-order valence-corrected chi connectivity index (χ3v) is 2.25. The minimum atomic E-state index is -1.09. The third kappa shape index (κ3) is 1.58. The van der Waals surface area contributed by atoms with E-state index in [0.29, 0.717) is 0 Å². The van der Waals surface area contributed by atoms with Gasteiger partial charge >= 0.3 is 5.97 Å². The second-order valence-corrected chi connectivity index (χ2v) is 3.96. The molecule has 84 valence electrons. The van der Waals surface area contributed by atoms with Crippen LogP contribution in [0.25, 0.3) is 0 Å². The molecule has 0 N–H and O–H groups in total. The second kappa shape index (κ2) is 3.37. The maximum absolute atomic E-state index is 13.4. The van der Waals surface area contributed by atoms with Crippen molar-refractivity contribution in [2.45, 2.75) is 19.4 Å². The molecule has 1 heterocycles. The molecule has 1 aliphatic rings. The van der Waals surface area contributed by atoms with Crippen LogP contribution in [-0.2, 0) is 9.53 Å². The Morgan fingerprint density at radius 3 is 2.25 bits per heavy atom. The Hall–Kier alpha value is -1.78. The minimum absolute atomic E-state index is 0.300. The van der Waals surface area contributed by atoms with Gasteiger partial charge in [-0.15, -0.1) is 0 Å². The lowest BCUT2D eigenvalue weighted by atomic mass is 10.1. The Bertz CT molecular complexity index is 475. The van der Waals surface area contributed by atoms with Crippen molar-refractivity contribution < 1.29 is 18.3 Å². The van der Waals surface area contributed by atoms with Crippen molar-refractivity contribution in [1.29, 1.82) is 0 Å². The van der Waals surface area contributed by atoms with Crippen molar-refractivity contribution in [1.82, 2.24) is 0 Å². The van der Waals surface area contributed by atoms with Crippen molar-refractivity contribution in [3.05, 3.63) is 35.4 Å². The fraction of sp³-hybridized carbons (Fsp3) is 0.273. The van der Waals surface area contributed by atoms with Crippen LogP contribution in [0.1, 0.15) is 19.4 Å².